The fraction of sp³-hybridized carbons (Fsp3) is 0.471. The standard InChI is InChI=1S/C17H23N3O6S/c1-10(2)16-18-15(26-19-16)9-25-17(21)12-6-7-13(24-5)14(8-12)27(22,23)20-11(3)4/h6-8,10-11,20H,9H2,1-5H3. The van der Waals surface area contributed by atoms with Gasteiger partial charge >= 0.3 is 5.97 Å². The number of sulfonamides is 1. The molecular formula is C17H23N3O6S. The van der Waals surface area contributed by atoms with E-state index in [0.29, 0.717) is 5.82 Å². The molecule has 0 aliphatic carbocycles. The lowest BCUT2D eigenvalue weighted by molar-refractivity contribution is 0.0429. The molecule has 1 heterocycles. The molecule has 0 aliphatic rings. The van der Waals surface area contributed by atoms with E-state index in [1.54, 1.807) is 13.8 Å². The molecule has 0 spiro atoms. The van der Waals surface area contributed by atoms with Crippen LogP contribution in [0.15, 0.2) is 27.6 Å². The lowest BCUT2D eigenvalue weighted by atomic mass is 10.2. The Morgan fingerprint density at radius 2 is 1.96 bits per heavy atom. The zero-order valence-electron chi connectivity index (χ0n) is 15.8. The number of ether oxygens (including phenoxy) is 2. The Morgan fingerprint density at radius 1 is 1.26 bits per heavy atom. The van der Waals surface area contributed by atoms with E-state index < -0.39 is 16.0 Å². The van der Waals surface area contributed by atoms with Crippen molar-refractivity contribution in [3.63, 3.8) is 0 Å². The quantitative estimate of drug-likeness (QED) is 0.673. The van der Waals surface area contributed by atoms with Gasteiger partial charge in [0, 0.05) is 12.0 Å². The maximum absolute atomic E-state index is 12.5. The van der Waals surface area contributed by atoms with Crippen molar-refractivity contribution in [3.8, 4) is 5.75 Å². The van der Waals surface area contributed by atoms with Gasteiger partial charge in [0.05, 0.1) is 12.7 Å². The molecule has 0 amide bonds. The largest absolute Gasteiger partial charge is 0.495 e. The second-order valence-corrected chi connectivity index (χ2v) is 8.10. The number of aromatic nitrogens is 2. The fourth-order valence-electron chi connectivity index (χ4n) is 2.16. The van der Waals surface area contributed by atoms with Crippen molar-refractivity contribution in [2.45, 2.75) is 51.2 Å². The number of methoxy groups -OCH3 is 1. The summed E-state index contributed by atoms with van der Waals surface area (Å²) in [6, 6.07) is 3.71. The van der Waals surface area contributed by atoms with Gasteiger partial charge in [0.1, 0.15) is 10.6 Å². The van der Waals surface area contributed by atoms with Crippen LogP contribution in [0.1, 0.15) is 55.7 Å². The molecule has 0 unspecified atom stereocenters. The smallest absolute Gasteiger partial charge is 0.338 e. The predicted octanol–water partition coefficient (Wildman–Crippen LogP) is 2.25. The first-order chi connectivity index (χ1) is 12.6. The summed E-state index contributed by atoms with van der Waals surface area (Å²) in [5.74, 6) is 0.163. The SMILES string of the molecule is COc1ccc(C(=O)OCc2nc(C(C)C)no2)cc1S(=O)(=O)NC(C)C. The molecule has 0 bridgehead atoms. The predicted molar refractivity (Wildman–Crippen MR) is 96.0 cm³/mol. The third-order valence-corrected chi connectivity index (χ3v) is 5.09. The van der Waals surface area contributed by atoms with Gasteiger partial charge in [0.2, 0.25) is 10.0 Å². The van der Waals surface area contributed by atoms with E-state index in [9.17, 15) is 13.2 Å². The number of benzene rings is 1. The minimum absolute atomic E-state index is 0.0588. The van der Waals surface area contributed by atoms with Crippen LogP contribution in [0, 0.1) is 0 Å². The van der Waals surface area contributed by atoms with Gasteiger partial charge in [-0.15, -0.1) is 0 Å². The molecule has 0 radical (unpaired) electrons. The Kier molecular flexibility index (Phi) is 6.55. The minimum atomic E-state index is -3.86. The highest BCUT2D eigenvalue weighted by Crippen LogP contribution is 2.25. The fourth-order valence-corrected chi connectivity index (χ4v) is 3.61. The summed E-state index contributed by atoms with van der Waals surface area (Å²) >= 11 is 0. The number of hydrogen-bond donors (Lipinski definition) is 1. The summed E-state index contributed by atoms with van der Waals surface area (Å²) < 4.78 is 42.6. The summed E-state index contributed by atoms with van der Waals surface area (Å²) in [5.41, 5.74) is 0.0588. The Hall–Kier alpha value is -2.46. The molecule has 9 nitrogen and oxygen atoms in total. The highest BCUT2D eigenvalue weighted by molar-refractivity contribution is 7.89. The van der Waals surface area contributed by atoms with Crippen molar-refractivity contribution in [2.24, 2.45) is 0 Å². The first-order valence-electron chi connectivity index (χ1n) is 8.34. The molecule has 1 aromatic heterocycles. The Bertz CT molecular complexity index is 905. The summed E-state index contributed by atoms with van der Waals surface area (Å²) in [5, 5.41) is 3.78. The molecule has 0 aliphatic heterocycles. The number of esters is 1. The van der Waals surface area contributed by atoms with Crippen molar-refractivity contribution in [3.05, 3.63) is 35.5 Å². The Labute approximate surface area is 158 Å². The molecule has 1 N–H and O–H groups in total. The summed E-state index contributed by atoms with van der Waals surface area (Å²) in [6.07, 6.45) is 0. The van der Waals surface area contributed by atoms with E-state index in [0.717, 1.165) is 0 Å². The number of rotatable bonds is 8. The molecule has 0 atom stereocenters. The maximum Gasteiger partial charge on any atom is 0.338 e. The van der Waals surface area contributed by atoms with Gasteiger partial charge in [-0.1, -0.05) is 19.0 Å². The van der Waals surface area contributed by atoms with Gasteiger partial charge in [0.15, 0.2) is 12.4 Å². The average Bonchev–Trinajstić information content (AvgIpc) is 3.07. The van der Waals surface area contributed by atoms with Crippen molar-refractivity contribution >= 4 is 16.0 Å². The highest BCUT2D eigenvalue weighted by Gasteiger charge is 2.23. The van der Waals surface area contributed by atoms with Gasteiger partial charge in [-0.3, -0.25) is 0 Å². The van der Waals surface area contributed by atoms with Crippen molar-refractivity contribution in [1.29, 1.82) is 0 Å². The second-order valence-electron chi connectivity index (χ2n) is 6.42. The lowest BCUT2D eigenvalue weighted by Crippen LogP contribution is -2.30. The molecule has 27 heavy (non-hydrogen) atoms. The van der Waals surface area contributed by atoms with Crippen LogP contribution in [0.2, 0.25) is 0 Å². The van der Waals surface area contributed by atoms with Crippen molar-refractivity contribution in [2.75, 3.05) is 7.11 Å². The molecule has 1 aromatic carbocycles. The van der Waals surface area contributed by atoms with Crippen LogP contribution >= 0.6 is 0 Å². The van der Waals surface area contributed by atoms with Crippen LogP contribution < -0.4 is 9.46 Å². The summed E-state index contributed by atoms with van der Waals surface area (Å²) in [7, 11) is -2.50. The van der Waals surface area contributed by atoms with E-state index in [4.69, 9.17) is 14.0 Å². The number of carbonyl (C=O) groups excluding carboxylic acids is 1. The monoisotopic (exact) mass is 397 g/mol. The van der Waals surface area contributed by atoms with E-state index in [-0.39, 0.29) is 40.7 Å². The molecule has 0 saturated carbocycles. The molecule has 2 aromatic rings. The van der Waals surface area contributed by atoms with Gasteiger partial charge in [-0.2, -0.15) is 4.98 Å². The minimum Gasteiger partial charge on any atom is -0.495 e. The zero-order chi connectivity index (χ0) is 20.2. The number of nitrogens with zero attached hydrogens (tertiary/aromatic N) is 2. The van der Waals surface area contributed by atoms with E-state index in [1.165, 1.54) is 25.3 Å². The molecule has 10 heteroatoms. The highest BCUT2D eigenvalue weighted by atomic mass is 32.2. The molecular weight excluding hydrogens is 374 g/mol. The van der Waals surface area contributed by atoms with Gasteiger partial charge in [-0.05, 0) is 32.0 Å². The second kappa shape index (κ2) is 8.49. The number of nitrogens with one attached hydrogen (secondary N) is 1. The van der Waals surface area contributed by atoms with Crippen LogP contribution in [0.5, 0.6) is 5.75 Å². The van der Waals surface area contributed by atoms with Crippen LogP contribution in [-0.2, 0) is 21.4 Å². The Balaban J connectivity index is 2.19. The first kappa shape index (κ1) is 20.8. The molecule has 0 fully saturated rings. The van der Waals surface area contributed by atoms with Crippen molar-refractivity contribution < 1.29 is 27.2 Å². The number of hydrogen-bond acceptors (Lipinski definition) is 8. The average molecular weight is 397 g/mol. The zero-order valence-corrected chi connectivity index (χ0v) is 16.7. The van der Waals surface area contributed by atoms with Gasteiger partial charge < -0.3 is 14.0 Å². The molecule has 0 saturated heterocycles. The van der Waals surface area contributed by atoms with E-state index >= 15 is 0 Å². The molecule has 2 rings (SSSR count). The molecule has 148 valence electrons. The third kappa shape index (κ3) is 5.27. The maximum atomic E-state index is 12.5. The van der Waals surface area contributed by atoms with Crippen LogP contribution in [-0.4, -0.2) is 37.7 Å². The first-order valence-corrected chi connectivity index (χ1v) is 9.82. The number of carbonyl (C=O) groups is 1. The van der Waals surface area contributed by atoms with Gasteiger partial charge in [-0.25, -0.2) is 17.9 Å². The van der Waals surface area contributed by atoms with Crippen molar-refractivity contribution in [1.82, 2.24) is 14.9 Å². The lowest BCUT2D eigenvalue weighted by Gasteiger charge is -2.13. The summed E-state index contributed by atoms with van der Waals surface area (Å²) in [6.45, 7) is 6.99. The normalized spacial score (nSPS) is 11.8. The van der Waals surface area contributed by atoms with Crippen LogP contribution in [0.4, 0.5) is 0 Å². The topological polar surface area (TPSA) is 121 Å². The summed E-state index contributed by atoms with van der Waals surface area (Å²) in [4.78, 5) is 16.3. The van der Waals surface area contributed by atoms with Crippen LogP contribution in [0.3, 0.4) is 0 Å². The Morgan fingerprint density at radius 3 is 2.52 bits per heavy atom. The van der Waals surface area contributed by atoms with E-state index in [1.807, 2.05) is 13.8 Å². The van der Waals surface area contributed by atoms with E-state index in [2.05, 4.69) is 14.9 Å². The van der Waals surface area contributed by atoms with Crippen LogP contribution in [0.25, 0.3) is 0 Å². The van der Waals surface area contributed by atoms with Gasteiger partial charge in [0.25, 0.3) is 5.89 Å². The third-order valence-electron chi connectivity index (χ3n) is 3.41.